The van der Waals surface area contributed by atoms with Crippen molar-refractivity contribution >= 4 is 23.9 Å². The fourth-order valence-electron chi connectivity index (χ4n) is 5.11. The van der Waals surface area contributed by atoms with Gasteiger partial charge in [-0.05, 0) is 27.2 Å². The molecule has 1 unspecified atom stereocenters. The number of amides is 3. The van der Waals surface area contributed by atoms with Crippen molar-refractivity contribution in [3.63, 3.8) is 0 Å². The summed E-state index contributed by atoms with van der Waals surface area (Å²) in [6.07, 6.45) is -0.106. The van der Waals surface area contributed by atoms with Crippen LogP contribution in [0.3, 0.4) is 0 Å². The number of nitrogens with one attached hydrogen (secondary N) is 1. The van der Waals surface area contributed by atoms with E-state index in [9.17, 15) is 24.3 Å². The standard InChI is InChI=1S/C33H45N5O9/c1-5-6-17-45-32(43)38-15-13-37(14-16-38)30(40)25(19-26(31(41)42)47-33(2,3)4)35-29(39)24-20-27(46-23-12-18-44-21-23)36-28(34-24)22-10-8-7-9-11-22/h7-11,20,23,25-26H,5-6,12-19,21H2,1-4H3,(H,35,39)(H,41,42)/t23-,25-,26?/m0/s1. The monoisotopic (exact) mass is 655 g/mol. The van der Waals surface area contributed by atoms with Crippen LogP contribution in [0.2, 0.25) is 0 Å². The largest absolute Gasteiger partial charge is 0.479 e. The predicted octanol–water partition coefficient (Wildman–Crippen LogP) is 3.15. The SMILES string of the molecule is CCCCOC(=O)N1CCN(C(=O)[C@H](CC(OC(C)(C)C)C(=O)O)NC(=O)c2cc(O[C@H]3CCOC3)nc(-c3ccccc3)n2)CC1. The van der Waals surface area contributed by atoms with Gasteiger partial charge >= 0.3 is 12.1 Å². The van der Waals surface area contributed by atoms with Crippen LogP contribution in [0.15, 0.2) is 36.4 Å². The van der Waals surface area contributed by atoms with Gasteiger partial charge in [0, 0.05) is 50.7 Å². The van der Waals surface area contributed by atoms with E-state index in [0.29, 0.717) is 31.8 Å². The second-order valence-corrected chi connectivity index (χ2v) is 12.5. The highest BCUT2D eigenvalue weighted by Crippen LogP contribution is 2.23. The molecule has 2 N–H and O–H groups in total. The average molecular weight is 656 g/mol. The van der Waals surface area contributed by atoms with Gasteiger partial charge < -0.3 is 39.2 Å². The number of rotatable bonds is 13. The number of benzene rings is 1. The summed E-state index contributed by atoms with van der Waals surface area (Å²) in [5.41, 5.74) is -0.246. The third kappa shape index (κ3) is 10.6. The van der Waals surface area contributed by atoms with Crippen molar-refractivity contribution < 1.29 is 43.2 Å². The van der Waals surface area contributed by atoms with E-state index in [4.69, 9.17) is 18.9 Å². The number of carboxylic acid groups (broad SMARTS) is 1. The first kappa shape index (κ1) is 35.6. The first-order chi connectivity index (χ1) is 22.4. The summed E-state index contributed by atoms with van der Waals surface area (Å²) in [4.78, 5) is 64.4. The molecule has 1 aromatic heterocycles. The maximum atomic E-state index is 13.9. The van der Waals surface area contributed by atoms with Crippen molar-refractivity contribution in [2.24, 2.45) is 0 Å². The van der Waals surface area contributed by atoms with E-state index in [0.717, 1.165) is 12.8 Å². The van der Waals surface area contributed by atoms with Crippen LogP contribution in [0.1, 0.15) is 63.9 Å². The van der Waals surface area contributed by atoms with Gasteiger partial charge in [-0.25, -0.2) is 14.6 Å². The molecule has 0 saturated carbocycles. The molecule has 3 amide bonds. The number of piperazine rings is 1. The Bertz CT molecular complexity index is 1370. The smallest absolute Gasteiger partial charge is 0.409 e. The summed E-state index contributed by atoms with van der Waals surface area (Å²) < 4.78 is 22.5. The first-order valence-corrected chi connectivity index (χ1v) is 16.0. The molecule has 0 radical (unpaired) electrons. The van der Waals surface area contributed by atoms with Gasteiger partial charge in [0.2, 0.25) is 11.8 Å². The van der Waals surface area contributed by atoms with Gasteiger partial charge in [0.25, 0.3) is 5.91 Å². The molecular formula is C33H45N5O9. The molecule has 0 aliphatic carbocycles. The quantitative estimate of drug-likeness (QED) is 0.304. The van der Waals surface area contributed by atoms with Crippen LogP contribution in [-0.4, -0.2) is 119 Å². The summed E-state index contributed by atoms with van der Waals surface area (Å²) in [5, 5.41) is 12.7. The Kier molecular flexibility index (Phi) is 12.5. The lowest BCUT2D eigenvalue weighted by atomic mass is 10.0. The summed E-state index contributed by atoms with van der Waals surface area (Å²) in [5.74, 6) is -2.07. The molecule has 2 aliphatic rings. The van der Waals surface area contributed by atoms with Crippen LogP contribution >= 0.6 is 0 Å². The number of carbonyl (C=O) groups is 4. The van der Waals surface area contributed by atoms with Gasteiger partial charge in [-0.2, -0.15) is 4.98 Å². The molecule has 2 saturated heterocycles. The summed E-state index contributed by atoms with van der Waals surface area (Å²) in [6, 6.07) is 9.19. The van der Waals surface area contributed by atoms with E-state index in [1.165, 1.54) is 15.9 Å². The van der Waals surface area contributed by atoms with E-state index < -0.39 is 41.6 Å². The lowest BCUT2D eigenvalue weighted by molar-refractivity contribution is -0.162. The third-order valence-electron chi connectivity index (χ3n) is 7.54. The van der Waals surface area contributed by atoms with Gasteiger partial charge in [-0.1, -0.05) is 43.7 Å². The minimum atomic E-state index is -1.40. The fraction of sp³-hybridized carbons (Fsp3) is 0.576. The number of hydrogen-bond acceptors (Lipinski definition) is 10. The first-order valence-electron chi connectivity index (χ1n) is 16.0. The molecule has 3 heterocycles. The number of hydrogen-bond donors (Lipinski definition) is 2. The number of nitrogens with zero attached hydrogens (tertiary/aromatic N) is 4. The molecule has 0 spiro atoms. The molecule has 47 heavy (non-hydrogen) atoms. The average Bonchev–Trinajstić information content (AvgIpc) is 3.56. The highest BCUT2D eigenvalue weighted by molar-refractivity contribution is 5.97. The number of unbranched alkanes of at least 4 members (excludes halogenated alkanes) is 1. The molecule has 4 rings (SSSR count). The fourth-order valence-corrected chi connectivity index (χ4v) is 5.11. The number of aromatic nitrogens is 2. The minimum Gasteiger partial charge on any atom is -0.479 e. The lowest BCUT2D eigenvalue weighted by Gasteiger charge is -2.36. The zero-order valence-electron chi connectivity index (χ0n) is 27.5. The maximum Gasteiger partial charge on any atom is 0.409 e. The van der Waals surface area contributed by atoms with E-state index in [-0.39, 0.29) is 56.1 Å². The van der Waals surface area contributed by atoms with Gasteiger partial charge in [0.05, 0.1) is 25.4 Å². The molecule has 1 aromatic carbocycles. The van der Waals surface area contributed by atoms with Gasteiger partial charge in [0.15, 0.2) is 11.9 Å². The molecule has 0 bridgehead atoms. The van der Waals surface area contributed by atoms with Crippen LogP contribution in [0.25, 0.3) is 11.4 Å². The summed E-state index contributed by atoms with van der Waals surface area (Å²) >= 11 is 0. The Morgan fingerprint density at radius 1 is 1.06 bits per heavy atom. The van der Waals surface area contributed by atoms with Crippen LogP contribution < -0.4 is 10.1 Å². The summed E-state index contributed by atoms with van der Waals surface area (Å²) in [6.45, 7) is 9.21. The van der Waals surface area contributed by atoms with Crippen LogP contribution in [0.4, 0.5) is 4.79 Å². The number of ether oxygens (including phenoxy) is 4. The Morgan fingerprint density at radius 2 is 1.77 bits per heavy atom. The van der Waals surface area contributed by atoms with Gasteiger partial charge in [-0.15, -0.1) is 0 Å². The van der Waals surface area contributed by atoms with Crippen LogP contribution in [0, 0.1) is 0 Å². The van der Waals surface area contributed by atoms with Gasteiger partial charge in [-0.3, -0.25) is 9.59 Å². The zero-order chi connectivity index (χ0) is 34.0. The van der Waals surface area contributed by atoms with Crippen LogP contribution in [-0.2, 0) is 23.8 Å². The molecular weight excluding hydrogens is 610 g/mol. The Balaban J connectivity index is 1.57. The zero-order valence-corrected chi connectivity index (χ0v) is 27.5. The Hall–Kier alpha value is -4.30. The molecule has 3 atom stereocenters. The summed E-state index contributed by atoms with van der Waals surface area (Å²) in [7, 11) is 0. The van der Waals surface area contributed by atoms with Gasteiger partial charge in [0.1, 0.15) is 17.8 Å². The van der Waals surface area contributed by atoms with Crippen molar-refractivity contribution in [3.8, 4) is 17.3 Å². The highest BCUT2D eigenvalue weighted by Gasteiger charge is 2.36. The molecule has 2 aromatic rings. The predicted molar refractivity (Wildman–Crippen MR) is 170 cm³/mol. The van der Waals surface area contributed by atoms with Crippen molar-refractivity contribution in [3.05, 3.63) is 42.1 Å². The number of aliphatic carboxylic acids is 1. The molecule has 2 aliphatic heterocycles. The Morgan fingerprint density at radius 3 is 2.38 bits per heavy atom. The van der Waals surface area contributed by atoms with Crippen molar-refractivity contribution in [2.45, 2.75) is 77.2 Å². The maximum absolute atomic E-state index is 13.9. The highest BCUT2D eigenvalue weighted by atomic mass is 16.6. The number of carboxylic acids is 1. The Labute approximate surface area is 274 Å². The third-order valence-corrected chi connectivity index (χ3v) is 7.54. The molecule has 256 valence electrons. The van der Waals surface area contributed by atoms with Crippen LogP contribution in [0.5, 0.6) is 5.88 Å². The van der Waals surface area contributed by atoms with Crippen molar-refractivity contribution in [1.29, 1.82) is 0 Å². The lowest BCUT2D eigenvalue weighted by Crippen LogP contribution is -2.57. The minimum absolute atomic E-state index is 0.0613. The van der Waals surface area contributed by atoms with E-state index >= 15 is 0 Å². The van der Waals surface area contributed by atoms with E-state index in [1.807, 2.05) is 25.1 Å². The normalized spacial score (nSPS) is 17.9. The van der Waals surface area contributed by atoms with Crippen molar-refractivity contribution in [1.82, 2.24) is 25.1 Å². The molecule has 14 heteroatoms. The van der Waals surface area contributed by atoms with Crippen molar-refractivity contribution in [2.75, 3.05) is 46.0 Å². The second-order valence-electron chi connectivity index (χ2n) is 12.5. The van der Waals surface area contributed by atoms with E-state index in [2.05, 4.69) is 15.3 Å². The molecule has 2 fully saturated rings. The second kappa shape index (κ2) is 16.5. The molecule has 14 nitrogen and oxygen atoms in total. The topological polar surface area (TPSA) is 170 Å². The number of carbonyl (C=O) groups excluding carboxylic acids is 3. The van der Waals surface area contributed by atoms with E-state index in [1.54, 1.807) is 32.9 Å².